The van der Waals surface area contributed by atoms with Crippen LogP contribution in [0.1, 0.15) is 33.1 Å². The van der Waals surface area contributed by atoms with Gasteiger partial charge in [0.25, 0.3) is 0 Å². The fraction of sp³-hybridized carbons (Fsp3) is 0.526. The van der Waals surface area contributed by atoms with Crippen molar-refractivity contribution in [2.24, 2.45) is 5.41 Å². The molecule has 9 heteroatoms. The van der Waals surface area contributed by atoms with Gasteiger partial charge in [0, 0.05) is 19.3 Å². The highest BCUT2D eigenvalue weighted by molar-refractivity contribution is 5.87. The van der Waals surface area contributed by atoms with Gasteiger partial charge in [0.05, 0.1) is 25.8 Å². The number of ether oxygens (including phenoxy) is 2. The first-order valence-electron chi connectivity index (χ1n) is 9.53. The normalized spacial score (nSPS) is 15.9. The lowest BCUT2D eigenvalue weighted by Crippen LogP contribution is -2.26. The van der Waals surface area contributed by atoms with Gasteiger partial charge in [0.15, 0.2) is 5.65 Å². The molecule has 1 aliphatic heterocycles. The second-order valence-electron chi connectivity index (χ2n) is 7.14. The number of fused-ring (bicyclic) bond motifs is 1. The summed E-state index contributed by atoms with van der Waals surface area (Å²) < 4.78 is 12.1. The zero-order valence-electron chi connectivity index (χ0n) is 16.7. The lowest BCUT2D eigenvalue weighted by molar-refractivity contribution is 0.301. The minimum atomic E-state index is 0.241. The van der Waals surface area contributed by atoms with Crippen molar-refractivity contribution in [1.29, 1.82) is 0 Å². The van der Waals surface area contributed by atoms with Gasteiger partial charge >= 0.3 is 6.01 Å². The summed E-state index contributed by atoms with van der Waals surface area (Å²) in [5.74, 6) is 1.31. The van der Waals surface area contributed by atoms with Crippen LogP contribution in [-0.4, -0.2) is 57.0 Å². The summed E-state index contributed by atoms with van der Waals surface area (Å²) in [4.78, 5) is 19.7. The Labute approximate surface area is 163 Å². The van der Waals surface area contributed by atoms with Crippen LogP contribution in [0.2, 0.25) is 0 Å². The maximum Gasteiger partial charge on any atom is 0.319 e. The molecule has 9 nitrogen and oxygen atoms in total. The zero-order chi connectivity index (χ0) is 19.7. The van der Waals surface area contributed by atoms with Crippen molar-refractivity contribution in [3.63, 3.8) is 0 Å². The second-order valence-corrected chi connectivity index (χ2v) is 7.14. The molecule has 148 valence electrons. The highest BCUT2D eigenvalue weighted by atomic mass is 16.5. The van der Waals surface area contributed by atoms with Crippen molar-refractivity contribution in [2.75, 3.05) is 32.2 Å². The lowest BCUT2D eigenvalue weighted by atomic mass is 9.82. The first-order valence-corrected chi connectivity index (χ1v) is 9.53. The van der Waals surface area contributed by atoms with E-state index in [9.17, 15) is 0 Å². The fourth-order valence-electron chi connectivity index (χ4n) is 3.89. The fourth-order valence-corrected chi connectivity index (χ4v) is 3.89. The molecule has 0 radical (unpaired) electrons. The van der Waals surface area contributed by atoms with Gasteiger partial charge in [-0.05, 0) is 24.7 Å². The van der Waals surface area contributed by atoms with Crippen LogP contribution in [0.15, 0.2) is 18.7 Å². The van der Waals surface area contributed by atoms with E-state index in [1.54, 1.807) is 24.3 Å². The van der Waals surface area contributed by atoms with Crippen LogP contribution < -0.4 is 14.4 Å². The van der Waals surface area contributed by atoms with E-state index in [1.165, 1.54) is 26.4 Å². The molecule has 4 heterocycles. The third-order valence-corrected chi connectivity index (χ3v) is 5.87. The molecule has 0 bridgehead atoms. The Bertz CT molecular complexity index is 984. The summed E-state index contributed by atoms with van der Waals surface area (Å²) >= 11 is 0. The van der Waals surface area contributed by atoms with Gasteiger partial charge in [-0.25, -0.2) is 19.6 Å². The highest BCUT2D eigenvalue weighted by Gasteiger charge is 2.36. The van der Waals surface area contributed by atoms with E-state index in [-0.39, 0.29) is 6.01 Å². The standard InChI is InChI=1S/C19H25N7O2/c1-5-19(6-2)7-8-25(11-19)16-13-10-26(24-15(13)21-12-22-16)14-9-20-18(28-4)23-17(14)27-3/h9-10,12H,5-8,11H2,1-4H3. The summed E-state index contributed by atoms with van der Waals surface area (Å²) in [5, 5.41) is 5.50. The molecule has 0 atom stereocenters. The summed E-state index contributed by atoms with van der Waals surface area (Å²) in [6.07, 6.45) is 8.64. The molecule has 0 N–H and O–H groups in total. The van der Waals surface area contributed by atoms with Crippen molar-refractivity contribution < 1.29 is 9.47 Å². The van der Waals surface area contributed by atoms with E-state index >= 15 is 0 Å². The molecular weight excluding hydrogens is 358 g/mol. The molecule has 28 heavy (non-hydrogen) atoms. The first kappa shape index (κ1) is 18.4. The van der Waals surface area contributed by atoms with Crippen LogP contribution in [0, 0.1) is 5.41 Å². The van der Waals surface area contributed by atoms with E-state index in [1.807, 2.05) is 6.20 Å². The van der Waals surface area contributed by atoms with Crippen LogP contribution in [0.5, 0.6) is 11.9 Å². The molecule has 0 spiro atoms. The maximum atomic E-state index is 5.39. The van der Waals surface area contributed by atoms with Crippen LogP contribution in [0.3, 0.4) is 0 Å². The summed E-state index contributed by atoms with van der Waals surface area (Å²) in [5.41, 5.74) is 1.61. The summed E-state index contributed by atoms with van der Waals surface area (Å²) in [6.45, 7) is 6.55. The number of hydrogen-bond donors (Lipinski definition) is 0. The molecule has 0 aliphatic carbocycles. The summed E-state index contributed by atoms with van der Waals surface area (Å²) in [7, 11) is 3.07. The first-order chi connectivity index (χ1) is 13.6. The largest absolute Gasteiger partial charge is 0.479 e. The van der Waals surface area contributed by atoms with E-state index in [2.05, 4.69) is 43.8 Å². The molecule has 0 unspecified atom stereocenters. The zero-order valence-corrected chi connectivity index (χ0v) is 16.7. The van der Waals surface area contributed by atoms with E-state index < -0.39 is 0 Å². The number of anilines is 1. The predicted molar refractivity (Wildman–Crippen MR) is 105 cm³/mol. The van der Waals surface area contributed by atoms with Gasteiger partial charge in [-0.1, -0.05) is 13.8 Å². The molecule has 3 aromatic rings. The summed E-state index contributed by atoms with van der Waals surface area (Å²) in [6, 6.07) is 0.241. The molecular formula is C19H25N7O2. The predicted octanol–water partition coefficient (Wildman–Crippen LogP) is 2.64. The average molecular weight is 383 g/mol. The van der Waals surface area contributed by atoms with Gasteiger partial charge in [0.1, 0.15) is 17.8 Å². The van der Waals surface area contributed by atoms with E-state index in [0.29, 0.717) is 22.6 Å². The quantitative estimate of drug-likeness (QED) is 0.642. The molecule has 1 aliphatic rings. The molecule has 0 aromatic carbocycles. The van der Waals surface area contributed by atoms with Crippen molar-refractivity contribution in [3.05, 3.63) is 18.7 Å². The van der Waals surface area contributed by atoms with Gasteiger partial charge in [-0.3, -0.25) is 0 Å². The van der Waals surface area contributed by atoms with Crippen LogP contribution in [-0.2, 0) is 0 Å². The Morgan fingerprint density at radius 1 is 1.11 bits per heavy atom. The van der Waals surface area contributed by atoms with Crippen molar-refractivity contribution in [2.45, 2.75) is 33.1 Å². The highest BCUT2D eigenvalue weighted by Crippen LogP contribution is 2.40. The van der Waals surface area contributed by atoms with Crippen molar-refractivity contribution >= 4 is 16.9 Å². The average Bonchev–Trinajstić information content (AvgIpc) is 3.37. The van der Waals surface area contributed by atoms with Crippen LogP contribution in [0.25, 0.3) is 16.7 Å². The molecule has 1 fully saturated rings. The Hall–Kier alpha value is -2.97. The van der Waals surface area contributed by atoms with Crippen molar-refractivity contribution in [3.8, 4) is 17.6 Å². The Morgan fingerprint density at radius 3 is 2.61 bits per heavy atom. The van der Waals surface area contributed by atoms with Gasteiger partial charge in [-0.2, -0.15) is 4.98 Å². The molecule has 0 saturated carbocycles. The van der Waals surface area contributed by atoms with E-state index in [4.69, 9.17) is 9.47 Å². The lowest BCUT2D eigenvalue weighted by Gasteiger charge is -2.26. The Morgan fingerprint density at radius 2 is 1.93 bits per heavy atom. The Balaban J connectivity index is 1.75. The van der Waals surface area contributed by atoms with Crippen LogP contribution >= 0.6 is 0 Å². The number of aromatic nitrogens is 6. The maximum absolute atomic E-state index is 5.39. The molecule has 0 amide bonds. The molecule has 3 aromatic heterocycles. The third-order valence-electron chi connectivity index (χ3n) is 5.87. The second kappa shape index (κ2) is 7.21. The minimum Gasteiger partial charge on any atom is -0.479 e. The number of rotatable bonds is 6. The Kier molecular flexibility index (Phi) is 4.74. The number of hydrogen-bond acceptors (Lipinski definition) is 8. The smallest absolute Gasteiger partial charge is 0.319 e. The van der Waals surface area contributed by atoms with Gasteiger partial charge in [-0.15, -0.1) is 5.10 Å². The molecule has 4 rings (SSSR count). The van der Waals surface area contributed by atoms with Gasteiger partial charge < -0.3 is 14.4 Å². The van der Waals surface area contributed by atoms with Gasteiger partial charge in [0.2, 0.25) is 5.88 Å². The number of nitrogens with zero attached hydrogens (tertiary/aromatic N) is 7. The van der Waals surface area contributed by atoms with E-state index in [0.717, 1.165) is 24.3 Å². The number of methoxy groups -OCH3 is 2. The monoisotopic (exact) mass is 383 g/mol. The van der Waals surface area contributed by atoms with Crippen LogP contribution in [0.4, 0.5) is 5.82 Å². The van der Waals surface area contributed by atoms with Crippen molar-refractivity contribution in [1.82, 2.24) is 29.7 Å². The minimum absolute atomic E-state index is 0.241. The molecule has 1 saturated heterocycles. The third kappa shape index (κ3) is 3.00. The topological polar surface area (TPSA) is 91.1 Å². The SMILES string of the molecule is CCC1(CC)CCN(c2ncnc3nn(-c4cnc(OC)nc4OC)cc23)C1.